The van der Waals surface area contributed by atoms with Crippen molar-refractivity contribution in [3.63, 3.8) is 0 Å². The normalized spacial score (nSPS) is 11.2. The fraction of sp³-hybridized carbons (Fsp3) is 0.263. The Morgan fingerprint density at radius 1 is 1.00 bits per heavy atom. The summed E-state index contributed by atoms with van der Waals surface area (Å²) in [7, 11) is 0. The average Bonchev–Trinajstić information content (AvgIpc) is 2.86. The molecule has 0 bridgehead atoms. The number of fused-ring (bicyclic) bond motifs is 1. The molecule has 0 unspecified atom stereocenters. The maximum Gasteiger partial charge on any atom is 0.0486 e. The molecule has 3 rings (SSSR count). The van der Waals surface area contributed by atoms with E-state index in [2.05, 4.69) is 67.1 Å². The van der Waals surface area contributed by atoms with Crippen LogP contribution in [-0.2, 0) is 13.0 Å². The van der Waals surface area contributed by atoms with Crippen LogP contribution in [0.5, 0.6) is 0 Å². The Hall–Kier alpha value is -2.06. The van der Waals surface area contributed by atoms with Crippen molar-refractivity contribution >= 4 is 10.9 Å². The minimum absolute atomic E-state index is 0.698. The topological polar surface area (TPSA) is 30.9 Å². The summed E-state index contributed by atoms with van der Waals surface area (Å²) in [6.07, 6.45) is 3.11. The maximum absolute atomic E-state index is 5.67. The number of benzene rings is 2. The number of nitrogens with zero attached hydrogens (tertiary/aromatic N) is 1. The Labute approximate surface area is 126 Å². The van der Waals surface area contributed by atoms with E-state index in [0.29, 0.717) is 6.54 Å². The molecule has 0 spiro atoms. The molecule has 0 amide bonds. The van der Waals surface area contributed by atoms with Crippen LogP contribution in [0.3, 0.4) is 0 Å². The molecule has 0 aliphatic heterocycles. The van der Waals surface area contributed by atoms with Crippen molar-refractivity contribution in [1.29, 1.82) is 0 Å². The van der Waals surface area contributed by atoms with Crippen LogP contribution in [0.25, 0.3) is 10.9 Å². The smallest absolute Gasteiger partial charge is 0.0486 e. The fourth-order valence-electron chi connectivity index (χ4n) is 2.84. The van der Waals surface area contributed by atoms with Gasteiger partial charge in [0.05, 0.1) is 0 Å². The summed E-state index contributed by atoms with van der Waals surface area (Å²) in [5.41, 5.74) is 12.3. The van der Waals surface area contributed by atoms with Gasteiger partial charge in [0.25, 0.3) is 0 Å². The Morgan fingerprint density at radius 3 is 2.67 bits per heavy atom. The zero-order valence-electron chi connectivity index (χ0n) is 12.8. The van der Waals surface area contributed by atoms with Crippen LogP contribution < -0.4 is 5.73 Å². The third-order valence-electron chi connectivity index (χ3n) is 4.12. The van der Waals surface area contributed by atoms with E-state index in [1.54, 1.807) is 0 Å². The molecule has 1 aromatic heterocycles. The van der Waals surface area contributed by atoms with Gasteiger partial charge in [-0.3, -0.25) is 0 Å². The lowest BCUT2D eigenvalue weighted by atomic mass is 10.1. The Morgan fingerprint density at radius 2 is 1.86 bits per heavy atom. The highest BCUT2D eigenvalue weighted by Gasteiger charge is 2.05. The van der Waals surface area contributed by atoms with Gasteiger partial charge >= 0.3 is 0 Å². The highest BCUT2D eigenvalue weighted by atomic mass is 14.9. The first-order chi connectivity index (χ1) is 10.2. The second kappa shape index (κ2) is 5.74. The molecule has 0 radical (unpaired) electrons. The third-order valence-corrected chi connectivity index (χ3v) is 4.12. The van der Waals surface area contributed by atoms with Crippen LogP contribution in [0.15, 0.2) is 48.7 Å². The summed E-state index contributed by atoms with van der Waals surface area (Å²) in [4.78, 5) is 0. The maximum atomic E-state index is 5.67. The monoisotopic (exact) mass is 278 g/mol. The number of hydrogen-bond acceptors (Lipinski definition) is 1. The molecule has 2 N–H and O–H groups in total. The lowest BCUT2D eigenvalue weighted by Gasteiger charge is -2.10. The third kappa shape index (κ3) is 2.86. The lowest BCUT2D eigenvalue weighted by molar-refractivity contribution is 0.828. The first-order valence-electron chi connectivity index (χ1n) is 7.51. The molecular formula is C19H22N2. The van der Waals surface area contributed by atoms with Crippen LogP contribution in [0.1, 0.15) is 22.3 Å². The van der Waals surface area contributed by atoms with Crippen molar-refractivity contribution in [1.82, 2.24) is 4.57 Å². The molecule has 21 heavy (non-hydrogen) atoms. The largest absolute Gasteiger partial charge is 0.343 e. The van der Waals surface area contributed by atoms with Gasteiger partial charge in [-0.25, -0.2) is 0 Å². The van der Waals surface area contributed by atoms with Gasteiger partial charge in [0.2, 0.25) is 0 Å². The second-order valence-corrected chi connectivity index (χ2v) is 5.81. The van der Waals surface area contributed by atoms with E-state index in [9.17, 15) is 0 Å². The van der Waals surface area contributed by atoms with Crippen molar-refractivity contribution < 1.29 is 0 Å². The Balaban J connectivity index is 2.00. The van der Waals surface area contributed by atoms with Gasteiger partial charge in [-0.2, -0.15) is 0 Å². The van der Waals surface area contributed by atoms with Gasteiger partial charge < -0.3 is 10.3 Å². The van der Waals surface area contributed by atoms with E-state index < -0.39 is 0 Å². The molecular weight excluding hydrogens is 256 g/mol. The summed E-state index contributed by atoms with van der Waals surface area (Å²) in [5.74, 6) is 0. The minimum Gasteiger partial charge on any atom is -0.343 e. The van der Waals surface area contributed by atoms with E-state index in [1.165, 1.54) is 33.2 Å². The SMILES string of the molecule is Cc1ccc(C)c(Cn2ccc3ccc(CCN)cc32)c1. The van der Waals surface area contributed by atoms with Crippen LogP contribution in [0.2, 0.25) is 0 Å². The van der Waals surface area contributed by atoms with E-state index in [1.807, 2.05) is 0 Å². The summed E-state index contributed by atoms with van der Waals surface area (Å²) in [6, 6.07) is 15.5. The van der Waals surface area contributed by atoms with Crippen molar-refractivity contribution in [2.75, 3.05) is 6.54 Å². The number of nitrogens with two attached hydrogens (primary N) is 1. The van der Waals surface area contributed by atoms with E-state index >= 15 is 0 Å². The van der Waals surface area contributed by atoms with Crippen molar-refractivity contribution in [3.05, 3.63) is 70.9 Å². The highest BCUT2D eigenvalue weighted by Crippen LogP contribution is 2.21. The van der Waals surface area contributed by atoms with Gasteiger partial charge in [0.1, 0.15) is 0 Å². The average molecular weight is 278 g/mol. The molecule has 0 saturated carbocycles. The van der Waals surface area contributed by atoms with Gasteiger partial charge in [0.15, 0.2) is 0 Å². The predicted octanol–water partition coefficient (Wildman–Crippen LogP) is 3.81. The predicted molar refractivity (Wildman–Crippen MR) is 89.7 cm³/mol. The lowest BCUT2D eigenvalue weighted by Crippen LogP contribution is -2.03. The highest BCUT2D eigenvalue weighted by molar-refractivity contribution is 5.81. The minimum atomic E-state index is 0.698. The Bertz CT molecular complexity index is 768. The first-order valence-corrected chi connectivity index (χ1v) is 7.51. The molecule has 0 fully saturated rings. The van der Waals surface area contributed by atoms with Gasteiger partial charge in [-0.05, 0) is 61.0 Å². The van der Waals surface area contributed by atoms with E-state index in [4.69, 9.17) is 5.73 Å². The molecule has 2 nitrogen and oxygen atoms in total. The van der Waals surface area contributed by atoms with Crippen molar-refractivity contribution in [3.8, 4) is 0 Å². The van der Waals surface area contributed by atoms with Crippen molar-refractivity contribution in [2.24, 2.45) is 5.73 Å². The van der Waals surface area contributed by atoms with Gasteiger partial charge in [-0.15, -0.1) is 0 Å². The molecule has 1 heterocycles. The van der Waals surface area contributed by atoms with Crippen LogP contribution in [-0.4, -0.2) is 11.1 Å². The number of hydrogen-bond donors (Lipinski definition) is 1. The molecule has 0 saturated heterocycles. The molecule has 0 aliphatic rings. The quantitative estimate of drug-likeness (QED) is 0.773. The second-order valence-electron chi connectivity index (χ2n) is 5.81. The number of aryl methyl sites for hydroxylation is 2. The standard InChI is InChI=1S/C19H22N2/c1-14-3-4-15(2)18(11-14)13-21-10-8-17-6-5-16(7-9-20)12-19(17)21/h3-6,8,10-12H,7,9,13,20H2,1-2H3. The molecule has 3 aromatic rings. The van der Waals surface area contributed by atoms with Gasteiger partial charge in [-0.1, -0.05) is 35.9 Å². The summed E-state index contributed by atoms with van der Waals surface area (Å²) < 4.78 is 2.33. The van der Waals surface area contributed by atoms with E-state index in [-0.39, 0.29) is 0 Å². The zero-order valence-corrected chi connectivity index (χ0v) is 12.8. The number of rotatable bonds is 4. The summed E-state index contributed by atoms with van der Waals surface area (Å²) in [6.45, 7) is 5.95. The van der Waals surface area contributed by atoms with E-state index in [0.717, 1.165) is 13.0 Å². The van der Waals surface area contributed by atoms with Crippen LogP contribution in [0, 0.1) is 13.8 Å². The summed E-state index contributed by atoms with van der Waals surface area (Å²) >= 11 is 0. The van der Waals surface area contributed by atoms with Gasteiger partial charge in [0, 0.05) is 18.3 Å². The molecule has 2 aromatic carbocycles. The molecule has 2 heteroatoms. The molecule has 0 atom stereocenters. The zero-order chi connectivity index (χ0) is 14.8. The van der Waals surface area contributed by atoms with Crippen LogP contribution >= 0.6 is 0 Å². The van der Waals surface area contributed by atoms with Crippen molar-refractivity contribution in [2.45, 2.75) is 26.8 Å². The first kappa shape index (κ1) is 13.9. The molecule has 0 aliphatic carbocycles. The molecule has 108 valence electrons. The summed E-state index contributed by atoms with van der Waals surface area (Å²) in [5, 5.41) is 1.29. The fourth-order valence-corrected chi connectivity index (χ4v) is 2.84. The number of aromatic nitrogens is 1. The van der Waals surface area contributed by atoms with Crippen LogP contribution in [0.4, 0.5) is 0 Å². The Kier molecular flexibility index (Phi) is 3.80.